The molecule has 1 aliphatic carbocycles. The molecule has 1 fully saturated rings. The average Bonchev–Trinajstić information content (AvgIpc) is 2.38. The van der Waals surface area contributed by atoms with E-state index in [0.29, 0.717) is 27.1 Å². The summed E-state index contributed by atoms with van der Waals surface area (Å²) in [6.45, 7) is 2.27. The summed E-state index contributed by atoms with van der Waals surface area (Å²) in [5.74, 6) is 0.656. The summed E-state index contributed by atoms with van der Waals surface area (Å²) in [6.07, 6.45) is 5.02. The fraction of sp³-hybridized carbons (Fsp3) is 0.500. The minimum absolute atomic E-state index is 0.451. The van der Waals surface area contributed by atoms with Crippen LogP contribution in [0.1, 0.15) is 32.6 Å². The van der Waals surface area contributed by atoms with Crippen molar-refractivity contribution >= 4 is 46.2 Å². The SMILES string of the molecule is C[C@@H]1CCCC[C@@H]1NC(=S)Nc1cccc(Cl)c1Cl. The molecule has 5 heteroatoms. The monoisotopic (exact) mass is 316 g/mol. The third kappa shape index (κ3) is 3.98. The highest BCUT2D eigenvalue weighted by Crippen LogP contribution is 2.29. The summed E-state index contributed by atoms with van der Waals surface area (Å²) >= 11 is 17.5. The Morgan fingerprint density at radius 2 is 2.00 bits per heavy atom. The van der Waals surface area contributed by atoms with Crippen LogP contribution >= 0.6 is 35.4 Å². The molecule has 0 unspecified atom stereocenters. The van der Waals surface area contributed by atoms with Gasteiger partial charge < -0.3 is 10.6 Å². The molecule has 2 nitrogen and oxygen atoms in total. The molecule has 2 N–H and O–H groups in total. The first-order valence-electron chi connectivity index (χ1n) is 6.59. The lowest BCUT2D eigenvalue weighted by Gasteiger charge is -2.30. The zero-order chi connectivity index (χ0) is 13.8. The first kappa shape index (κ1) is 14.9. The van der Waals surface area contributed by atoms with Gasteiger partial charge in [0.05, 0.1) is 15.7 Å². The molecule has 1 saturated carbocycles. The number of thiocarbonyl (C=S) groups is 1. The van der Waals surface area contributed by atoms with Crippen molar-refractivity contribution < 1.29 is 0 Å². The van der Waals surface area contributed by atoms with Crippen LogP contribution < -0.4 is 10.6 Å². The Morgan fingerprint density at radius 1 is 1.26 bits per heavy atom. The Labute approximate surface area is 129 Å². The zero-order valence-electron chi connectivity index (χ0n) is 10.9. The topological polar surface area (TPSA) is 24.1 Å². The van der Waals surface area contributed by atoms with E-state index >= 15 is 0 Å². The Bertz CT molecular complexity index is 465. The summed E-state index contributed by atoms with van der Waals surface area (Å²) in [5, 5.41) is 8.15. The van der Waals surface area contributed by atoms with Crippen LogP contribution in [0.2, 0.25) is 10.0 Å². The number of nitrogens with one attached hydrogen (secondary N) is 2. The van der Waals surface area contributed by atoms with Gasteiger partial charge in [-0.05, 0) is 43.1 Å². The number of hydrogen-bond donors (Lipinski definition) is 2. The molecule has 1 aliphatic rings. The third-order valence-electron chi connectivity index (χ3n) is 3.63. The van der Waals surface area contributed by atoms with Crippen molar-refractivity contribution in [3.63, 3.8) is 0 Å². The van der Waals surface area contributed by atoms with Crippen molar-refractivity contribution in [1.82, 2.24) is 5.32 Å². The standard InChI is InChI=1S/C14H18Cl2N2S/c1-9-5-2-3-7-11(9)17-14(19)18-12-8-4-6-10(15)13(12)16/h4,6,8-9,11H,2-3,5,7H2,1H3,(H2,17,18,19)/t9-,11+/m1/s1. The van der Waals surface area contributed by atoms with Crippen molar-refractivity contribution in [1.29, 1.82) is 0 Å². The number of benzene rings is 1. The van der Waals surface area contributed by atoms with Crippen LogP contribution in [-0.4, -0.2) is 11.2 Å². The molecule has 0 saturated heterocycles. The predicted molar refractivity (Wildman–Crippen MR) is 87.2 cm³/mol. The van der Waals surface area contributed by atoms with Gasteiger partial charge in [0.15, 0.2) is 5.11 Å². The van der Waals surface area contributed by atoms with Gasteiger partial charge in [-0.2, -0.15) is 0 Å². The largest absolute Gasteiger partial charge is 0.359 e. The van der Waals surface area contributed by atoms with E-state index in [1.165, 1.54) is 25.7 Å². The van der Waals surface area contributed by atoms with Crippen LogP contribution in [0.5, 0.6) is 0 Å². The predicted octanol–water partition coefficient (Wildman–Crippen LogP) is 4.86. The fourth-order valence-corrected chi connectivity index (χ4v) is 3.07. The lowest BCUT2D eigenvalue weighted by molar-refractivity contribution is 0.309. The number of rotatable bonds is 2. The summed E-state index contributed by atoms with van der Waals surface area (Å²) in [5.41, 5.74) is 0.745. The molecule has 0 radical (unpaired) electrons. The lowest BCUT2D eigenvalue weighted by atomic mass is 9.86. The fourth-order valence-electron chi connectivity index (χ4n) is 2.46. The van der Waals surface area contributed by atoms with Crippen molar-refractivity contribution in [3.8, 4) is 0 Å². The highest BCUT2D eigenvalue weighted by molar-refractivity contribution is 7.80. The number of hydrogen-bond acceptors (Lipinski definition) is 1. The van der Waals surface area contributed by atoms with Crippen molar-refractivity contribution in [2.24, 2.45) is 5.92 Å². The Morgan fingerprint density at radius 3 is 2.74 bits per heavy atom. The van der Waals surface area contributed by atoms with Gasteiger partial charge in [0.2, 0.25) is 0 Å². The van der Waals surface area contributed by atoms with E-state index in [2.05, 4.69) is 17.6 Å². The molecule has 0 spiro atoms. The minimum Gasteiger partial charge on any atom is -0.359 e. The number of halogens is 2. The molecule has 0 aliphatic heterocycles. The maximum absolute atomic E-state index is 6.13. The molecule has 2 atom stereocenters. The Kier molecular flexibility index (Phi) is 5.31. The van der Waals surface area contributed by atoms with Crippen LogP contribution in [-0.2, 0) is 0 Å². The van der Waals surface area contributed by atoms with Crippen LogP contribution in [0.3, 0.4) is 0 Å². The van der Waals surface area contributed by atoms with Crippen LogP contribution in [0.4, 0.5) is 5.69 Å². The van der Waals surface area contributed by atoms with Gasteiger partial charge in [-0.15, -0.1) is 0 Å². The third-order valence-corrected chi connectivity index (χ3v) is 4.67. The van der Waals surface area contributed by atoms with Crippen molar-refractivity contribution in [2.75, 3.05) is 5.32 Å². The molecule has 104 valence electrons. The van der Waals surface area contributed by atoms with E-state index in [9.17, 15) is 0 Å². The van der Waals surface area contributed by atoms with E-state index in [0.717, 1.165) is 5.69 Å². The quantitative estimate of drug-likeness (QED) is 0.762. The second-order valence-corrected chi connectivity index (χ2v) is 6.26. The highest BCUT2D eigenvalue weighted by atomic mass is 35.5. The van der Waals surface area contributed by atoms with Gasteiger partial charge in [-0.3, -0.25) is 0 Å². The van der Waals surface area contributed by atoms with E-state index in [-0.39, 0.29) is 0 Å². The van der Waals surface area contributed by atoms with E-state index < -0.39 is 0 Å². The molecule has 19 heavy (non-hydrogen) atoms. The highest BCUT2D eigenvalue weighted by Gasteiger charge is 2.21. The molecule has 1 aromatic rings. The molecular formula is C14H18Cl2N2S. The summed E-state index contributed by atoms with van der Waals surface area (Å²) in [4.78, 5) is 0. The zero-order valence-corrected chi connectivity index (χ0v) is 13.2. The second kappa shape index (κ2) is 6.78. The normalized spacial score (nSPS) is 22.9. The first-order chi connectivity index (χ1) is 9.08. The van der Waals surface area contributed by atoms with Crippen molar-refractivity contribution in [3.05, 3.63) is 28.2 Å². The molecule has 0 heterocycles. The van der Waals surface area contributed by atoms with Crippen LogP contribution in [0.15, 0.2) is 18.2 Å². The van der Waals surface area contributed by atoms with Gasteiger partial charge in [-0.25, -0.2) is 0 Å². The maximum Gasteiger partial charge on any atom is 0.171 e. The second-order valence-electron chi connectivity index (χ2n) is 5.07. The smallest absolute Gasteiger partial charge is 0.171 e. The Balaban J connectivity index is 1.95. The molecule has 2 rings (SSSR count). The summed E-state index contributed by atoms with van der Waals surface area (Å²) < 4.78 is 0. The van der Waals surface area contributed by atoms with Gasteiger partial charge in [0.1, 0.15) is 0 Å². The first-order valence-corrected chi connectivity index (χ1v) is 7.76. The molecular weight excluding hydrogens is 299 g/mol. The van der Waals surface area contributed by atoms with E-state index in [4.69, 9.17) is 35.4 Å². The van der Waals surface area contributed by atoms with Gasteiger partial charge in [0.25, 0.3) is 0 Å². The average molecular weight is 317 g/mol. The summed E-state index contributed by atoms with van der Waals surface area (Å²) in [7, 11) is 0. The lowest BCUT2D eigenvalue weighted by Crippen LogP contribution is -2.43. The molecule has 0 aromatic heterocycles. The van der Waals surface area contributed by atoms with Gasteiger partial charge >= 0.3 is 0 Å². The van der Waals surface area contributed by atoms with Crippen LogP contribution in [0.25, 0.3) is 0 Å². The molecule has 0 amide bonds. The molecule has 1 aromatic carbocycles. The summed E-state index contributed by atoms with van der Waals surface area (Å²) in [6, 6.07) is 5.93. The van der Waals surface area contributed by atoms with Crippen molar-refractivity contribution in [2.45, 2.75) is 38.6 Å². The minimum atomic E-state index is 0.451. The van der Waals surface area contributed by atoms with Crippen LogP contribution in [0, 0.1) is 5.92 Å². The van der Waals surface area contributed by atoms with Gasteiger partial charge in [0, 0.05) is 6.04 Å². The maximum atomic E-state index is 6.13. The van der Waals surface area contributed by atoms with E-state index in [1.807, 2.05) is 12.1 Å². The van der Waals surface area contributed by atoms with E-state index in [1.54, 1.807) is 6.07 Å². The molecule has 0 bridgehead atoms. The number of anilines is 1. The Hall–Kier alpha value is -0.510. The van der Waals surface area contributed by atoms with Gasteiger partial charge in [-0.1, -0.05) is 49.0 Å².